The highest BCUT2D eigenvalue weighted by Crippen LogP contribution is 2.34. The van der Waals surface area contributed by atoms with Crippen LogP contribution >= 0.6 is 22.7 Å². The average molecular weight is 294 g/mol. The molecule has 2 aromatic rings. The Labute approximate surface area is 121 Å². The molecule has 0 bridgehead atoms. The van der Waals surface area contributed by atoms with Gasteiger partial charge in [0.15, 0.2) is 0 Å². The molecular weight excluding hydrogens is 276 g/mol. The largest absolute Gasteiger partial charge is 0.477 e. The lowest BCUT2D eigenvalue weighted by Gasteiger charge is -1.96. The van der Waals surface area contributed by atoms with Crippen molar-refractivity contribution in [3.05, 3.63) is 34.0 Å². The van der Waals surface area contributed by atoms with E-state index in [1.54, 1.807) is 17.4 Å². The van der Waals surface area contributed by atoms with Crippen LogP contribution in [-0.2, 0) is 6.42 Å². The third-order valence-electron chi connectivity index (χ3n) is 3.00. The molecule has 0 spiro atoms. The van der Waals surface area contributed by atoms with E-state index >= 15 is 0 Å². The molecule has 0 saturated heterocycles. The standard InChI is InChI=1S/C15H18O2S2/c1-2-3-4-5-6-11-7-8-12(18-11)13-9-10-14(19-13)15(16)17/h7-10H,2-6H2,1H3,(H,16,17). The summed E-state index contributed by atoms with van der Waals surface area (Å²) in [7, 11) is 0. The van der Waals surface area contributed by atoms with Crippen molar-refractivity contribution in [3.63, 3.8) is 0 Å². The van der Waals surface area contributed by atoms with Crippen molar-refractivity contribution < 1.29 is 9.90 Å². The van der Waals surface area contributed by atoms with E-state index in [9.17, 15) is 4.79 Å². The van der Waals surface area contributed by atoms with Gasteiger partial charge in [0.2, 0.25) is 0 Å². The zero-order valence-corrected chi connectivity index (χ0v) is 12.6. The van der Waals surface area contributed by atoms with Crippen molar-refractivity contribution in [1.82, 2.24) is 0 Å². The van der Waals surface area contributed by atoms with Crippen LogP contribution < -0.4 is 0 Å². The van der Waals surface area contributed by atoms with Crippen LogP contribution in [0.25, 0.3) is 9.75 Å². The summed E-state index contributed by atoms with van der Waals surface area (Å²) in [6.07, 6.45) is 6.26. The molecule has 0 amide bonds. The highest BCUT2D eigenvalue weighted by Gasteiger charge is 2.10. The Hall–Kier alpha value is -1.13. The zero-order valence-electron chi connectivity index (χ0n) is 11.0. The lowest BCUT2D eigenvalue weighted by molar-refractivity contribution is 0.0702. The Balaban J connectivity index is 1.97. The number of thiophene rings is 2. The lowest BCUT2D eigenvalue weighted by Crippen LogP contribution is -1.89. The van der Waals surface area contributed by atoms with Crippen molar-refractivity contribution in [3.8, 4) is 9.75 Å². The van der Waals surface area contributed by atoms with Gasteiger partial charge in [-0.15, -0.1) is 22.7 Å². The Kier molecular flexibility index (Phi) is 5.16. The number of unbranched alkanes of at least 4 members (excludes halogenated alkanes) is 3. The molecule has 0 radical (unpaired) electrons. The molecule has 102 valence electrons. The van der Waals surface area contributed by atoms with E-state index in [1.165, 1.54) is 46.8 Å². The monoisotopic (exact) mass is 294 g/mol. The van der Waals surface area contributed by atoms with Gasteiger partial charge in [-0.2, -0.15) is 0 Å². The molecule has 0 aliphatic heterocycles. The van der Waals surface area contributed by atoms with E-state index in [1.807, 2.05) is 6.07 Å². The summed E-state index contributed by atoms with van der Waals surface area (Å²) in [6, 6.07) is 7.87. The Morgan fingerprint density at radius 3 is 2.47 bits per heavy atom. The van der Waals surface area contributed by atoms with Crippen LogP contribution in [0.4, 0.5) is 0 Å². The maximum atomic E-state index is 10.9. The van der Waals surface area contributed by atoms with Gasteiger partial charge >= 0.3 is 5.97 Å². The van der Waals surface area contributed by atoms with E-state index < -0.39 is 5.97 Å². The summed E-state index contributed by atoms with van der Waals surface area (Å²) in [5.74, 6) is -0.840. The van der Waals surface area contributed by atoms with Crippen LogP contribution in [0.2, 0.25) is 0 Å². The first kappa shape index (κ1) is 14.3. The number of aromatic carboxylic acids is 1. The molecule has 2 aromatic heterocycles. The summed E-state index contributed by atoms with van der Waals surface area (Å²) in [4.78, 5) is 14.9. The first-order valence-electron chi connectivity index (χ1n) is 6.63. The fourth-order valence-corrected chi connectivity index (χ4v) is 3.94. The number of rotatable bonds is 7. The Bertz CT molecular complexity index is 540. The van der Waals surface area contributed by atoms with E-state index in [0.717, 1.165) is 11.3 Å². The third-order valence-corrected chi connectivity index (χ3v) is 5.41. The number of aryl methyl sites for hydroxylation is 1. The van der Waals surface area contributed by atoms with E-state index in [0.29, 0.717) is 4.88 Å². The van der Waals surface area contributed by atoms with Crippen molar-refractivity contribution >= 4 is 28.6 Å². The first-order valence-corrected chi connectivity index (χ1v) is 8.26. The molecule has 2 nitrogen and oxygen atoms in total. The minimum absolute atomic E-state index is 0.410. The van der Waals surface area contributed by atoms with Crippen molar-refractivity contribution in [2.45, 2.75) is 39.0 Å². The highest BCUT2D eigenvalue weighted by molar-refractivity contribution is 7.23. The molecule has 0 aliphatic rings. The van der Waals surface area contributed by atoms with Gasteiger partial charge in [-0.3, -0.25) is 0 Å². The second-order valence-electron chi connectivity index (χ2n) is 4.55. The molecule has 0 aliphatic carbocycles. The van der Waals surface area contributed by atoms with Crippen molar-refractivity contribution in [1.29, 1.82) is 0 Å². The maximum absolute atomic E-state index is 10.9. The van der Waals surface area contributed by atoms with E-state index in [4.69, 9.17) is 5.11 Å². The van der Waals surface area contributed by atoms with Gasteiger partial charge in [0, 0.05) is 14.6 Å². The van der Waals surface area contributed by atoms with Crippen LogP contribution in [-0.4, -0.2) is 11.1 Å². The van der Waals surface area contributed by atoms with Crippen LogP contribution in [0.15, 0.2) is 24.3 Å². The Morgan fingerprint density at radius 1 is 1.05 bits per heavy atom. The predicted octanol–water partition coefficient (Wildman–Crippen LogP) is 5.30. The molecule has 0 unspecified atom stereocenters. The summed E-state index contributed by atoms with van der Waals surface area (Å²) < 4.78 is 0. The fourth-order valence-electron chi connectivity index (χ4n) is 1.96. The van der Waals surface area contributed by atoms with Crippen LogP contribution in [0, 0.1) is 0 Å². The van der Waals surface area contributed by atoms with Gasteiger partial charge in [0.1, 0.15) is 4.88 Å². The molecule has 19 heavy (non-hydrogen) atoms. The van der Waals surface area contributed by atoms with Gasteiger partial charge < -0.3 is 5.11 Å². The van der Waals surface area contributed by atoms with Gasteiger partial charge in [0.25, 0.3) is 0 Å². The number of carbonyl (C=O) groups is 1. The second kappa shape index (κ2) is 6.87. The van der Waals surface area contributed by atoms with Crippen LogP contribution in [0.5, 0.6) is 0 Å². The molecule has 2 heterocycles. The van der Waals surface area contributed by atoms with E-state index in [-0.39, 0.29) is 0 Å². The third kappa shape index (κ3) is 3.91. The minimum Gasteiger partial charge on any atom is -0.477 e. The molecule has 4 heteroatoms. The smallest absolute Gasteiger partial charge is 0.345 e. The molecule has 0 atom stereocenters. The fraction of sp³-hybridized carbons (Fsp3) is 0.400. The molecule has 0 fully saturated rings. The van der Waals surface area contributed by atoms with Crippen LogP contribution in [0.1, 0.15) is 47.2 Å². The molecule has 0 saturated carbocycles. The normalized spacial score (nSPS) is 10.8. The quantitative estimate of drug-likeness (QED) is 0.704. The van der Waals surface area contributed by atoms with Gasteiger partial charge in [0.05, 0.1) is 0 Å². The summed E-state index contributed by atoms with van der Waals surface area (Å²) in [5.41, 5.74) is 0. The topological polar surface area (TPSA) is 37.3 Å². The number of carboxylic acids is 1. The SMILES string of the molecule is CCCCCCc1ccc(-c2ccc(C(=O)O)s2)s1. The first-order chi connectivity index (χ1) is 9.20. The lowest BCUT2D eigenvalue weighted by atomic mass is 10.1. The summed E-state index contributed by atoms with van der Waals surface area (Å²) in [5, 5.41) is 8.93. The summed E-state index contributed by atoms with van der Waals surface area (Å²) >= 11 is 3.14. The average Bonchev–Trinajstić information content (AvgIpc) is 3.03. The summed E-state index contributed by atoms with van der Waals surface area (Å²) in [6.45, 7) is 2.22. The van der Waals surface area contributed by atoms with E-state index in [2.05, 4.69) is 19.1 Å². The maximum Gasteiger partial charge on any atom is 0.345 e. The second-order valence-corrected chi connectivity index (χ2v) is 6.80. The zero-order chi connectivity index (χ0) is 13.7. The molecular formula is C15H18O2S2. The van der Waals surface area contributed by atoms with Gasteiger partial charge in [-0.05, 0) is 37.1 Å². The number of hydrogen-bond donors (Lipinski definition) is 1. The van der Waals surface area contributed by atoms with Crippen molar-refractivity contribution in [2.24, 2.45) is 0 Å². The highest BCUT2D eigenvalue weighted by atomic mass is 32.1. The molecule has 1 N–H and O–H groups in total. The van der Waals surface area contributed by atoms with Crippen LogP contribution in [0.3, 0.4) is 0 Å². The molecule has 0 aromatic carbocycles. The number of carboxylic acid groups (broad SMARTS) is 1. The minimum atomic E-state index is -0.840. The Morgan fingerprint density at radius 2 is 1.79 bits per heavy atom. The molecule has 2 rings (SSSR count). The van der Waals surface area contributed by atoms with Gasteiger partial charge in [-0.25, -0.2) is 4.79 Å². The number of hydrogen-bond acceptors (Lipinski definition) is 3. The van der Waals surface area contributed by atoms with Gasteiger partial charge in [-0.1, -0.05) is 26.2 Å². The van der Waals surface area contributed by atoms with Crippen molar-refractivity contribution in [2.75, 3.05) is 0 Å². The predicted molar refractivity (Wildman–Crippen MR) is 82.4 cm³/mol.